The van der Waals surface area contributed by atoms with Gasteiger partial charge in [0.15, 0.2) is 5.78 Å². The van der Waals surface area contributed by atoms with Crippen LogP contribution in [0.1, 0.15) is 61.0 Å². The molecule has 3 rings (SSSR count). The molecule has 3 N–H and O–H groups in total. The van der Waals surface area contributed by atoms with Crippen LogP contribution >= 0.6 is 0 Å². The zero-order chi connectivity index (χ0) is 23.4. The van der Waals surface area contributed by atoms with Crippen LogP contribution in [0.5, 0.6) is 28.7 Å². The van der Waals surface area contributed by atoms with Gasteiger partial charge in [0.1, 0.15) is 40.9 Å². The van der Waals surface area contributed by atoms with E-state index < -0.39 is 5.92 Å². The van der Waals surface area contributed by atoms with Crippen molar-refractivity contribution in [2.45, 2.75) is 46.0 Å². The van der Waals surface area contributed by atoms with E-state index in [1.807, 2.05) is 0 Å². The molecule has 2 aromatic carbocycles. The highest BCUT2D eigenvalue weighted by Crippen LogP contribution is 2.43. The number of allylic oxidation sites excluding steroid dienone is 4. The predicted molar refractivity (Wildman–Crippen MR) is 123 cm³/mol. The van der Waals surface area contributed by atoms with Crippen molar-refractivity contribution < 1.29 is 29.6 Å². The number of carbonyl (C=O) groups is 1. The van der Waals surface area contributed by atoms with Gasteiger partial charge in [-0.25, -0.2) is 0 Å². The van der Waals surface area contributed by atoms with E-state index in [-0.39, 0.29) is 41.0 Å². The monoisotopic (exact) mass is 438 g/mol. The fraction of sp³-hybridized carbons (Fsp3) is 0.346. The van der Waals surface area contributed by atoms with E-state index in [0.29, 0.717) is 23.3 Å². The second-order valence-corrected chi connectivity index (χ2v) is 8.32. The van der Waals surface area contributed by atoms with Crippen molar-refractivity contribution in [3.8, 4) is 28.7 Å². The van der Waals surface area contributed by atoms with Gasteiger partial charge in [-0.15, -0.1) is 0 Å². The Balaban J connectivity index is 1.91. The predicted octanol–water partition coefficient (Wildman–Crippen LogP) is 5.41. The normalized spacial score (nSPS) is 15.7. The number of Topliss-reactive ketones (excluding diaryl/α,β-unsaturated/α-hetero) is 1. The molecule has 1 aliphatic rings. The van der Waals surface area contributed by atoms with Crippen molar-refractivity contribution in [3.63, 3.8) is 0 Å². The van der Waals surface area contributed by atoms with Gasteiger partial charge in [-0.1, -0.05) is 29.4 Å². The highest BCUT2D eigenvalue weighted by Gasteiger charge is 2.35. The van der Waals surface area contributed by atoms with Crippen LogP contribution in [-0.2, 0) is 6.42 Å². The van der Waals surface area contributed by atoms with Gasteiger partial charge in [0.25, 0.3) is 0 Å². The lowest BCUT2D eigenvalue weighted by Gasteiger charge is -2.26. The number of rotatable bonds is 7. The quantitative estimate of drug-likeness (QED) is 0.501. The third kappa shape index (κ3) is 4.90. The lowest BCUT2D eigenvalue weighted by atomic mass is 9.86. The molecule has 6 heteroatoms. The van der Waals surface area contributed by atoms with Crippen LogP contribution in [0, 0.1) is 0 Å². The molecule has 1 atom stereocenters. The molecule has 0 fully saturated rings. The molecular weight excluding hydrogens is 408 g/mol. The summed E-state index contributed by atoms with van der Waals surface area (Å²) in [6, 6.07) is 5.78. The standard InChI is InChI=1S/C26H30O6/c1-15(2)6-5-7-16(3)8-9-19-22(31-4)11-10-18(25(19)29)20-14-32-23-13-17(27)12-21(28)24(23)26(20)30/h6,8,10-13,20,27-29H,5,7,9,14H2,1-4H3/t20-/m1/s1. The van der Waals surface area contributed by atoms with Crippen molar-refractivity contribution >= 4 is 5.78 Å². The number of carbonyl (C=O) groups excluding carboxylic acids is 1. The average Bonchev–Trinajstić information content (AvgIpc) is 2.72. The number of aromatic hydroxyl groups is 3. The Hall–Kier alpha value is -3.41. The van der Waals surface area contributed by atoms with Gasteiger partial charge in [-0.05, 0) is 46.1 Å². The van der Waals surface area contributed by atoms with Crippen LogP contribution in [0.3, 0.4) is 0 Å². The number of hydrogen-bond acceptors (Lipinski definition) is 6. The summed E-state index contributed by atoms with van der Waals surface area (Å²) in [6.07, 6.45) is 6.59. The molecule has 0 bridgehead atoms. The molecule has 170 valence electrons. The van der Waals surface area contributed by atoms with Crippen molar-refractivity contribution in [2.24, 2.45) is 0 Å². The van der Waals surface area contributed by atoms with Crippen LogP contribution in [0.2, 0.25) is 0 Å². The number of methoxy groups -OCH3 is 1. The minimum atomic E-state index is -0.787. The topological polar surface area (TPSA) is 96.2 Å². The summed E-state index contributed by atoms with van der Waals surface area (Å²) in [6.45, 7) is 6.20. The number of fused-ring (bicyclic) bond motifs is 1. The van der Waals surface area contributed by atoms with Gasteiger partial charge in [-0.3, -0.25) is 4.79 Å². The first-order valence-corrected chi connectivity index (χ1v) is 10.6. The van der Waals surface area contributed by atoms with Gasteiger partial charge >= 0.3 is 0 Å². The van der Waals surface area contributed by atoms with Gasteiger partial charge in [-0.2, -0.15) is 0 Å². The van der Waals surface area contributed by atoms with E-state index in [4.69, 9.17) is 9.47 Å². The van der Waals surface area contributed by atoms with E-state index >= 15 is 0 Å². The Morgan fingerprint density at radius 3 is 2.59 bits per heavy atom. The lowest BCUT2D eigenvalue weighted by molar-refractivity contribution is 0.0890. The molecule has 6 nitrogen and oxygen atoms in total. The molecule has 0 aromatic heterocycles. The van der Waals surface area contributed by atoms with Crippen LogP contribution in [0.4, 0.5) is 0 Å². The summed E-state index contributed by atoms with van der Waals surface area (Å²) in [5, 5.41) is 30.9. The number of hydrogen-bond donors (Lipinski definition) is 3. The zero-order valence-corrected chi connectivity index (χ0v) is 18.9. The summed E-state index contributed by atoms with van der Waals surface area (Å²) < 4.78 is 11.1. The number of phenolic OH excluding ortho intramolecular Hbond substituents is 3. The summed E-state index contributed by atoms with van der Waals surface area (Å²) in [7, 11) is 1.54. The Labute approximate surface area is 188 Å². The molecule has 0 saturated heterocycles. The van der Waals surface area contributed by atoms with Crippen molar-refractivity contribution in [2.75, 3.05) is 13.7 Å². The Kier molecular flexibility index (Phi) is 7.13. The van der Waals surface area contributed by atoms with E-state index in [1.165, 1.54) is 17.2 Å². The summed E-state index contributed by atoms with van der Waals surface area (Å²) in [5.41, 5.74) is 3.50. The highest BCUT2D eigenvalue weighted by atomic mass is 16.5. The average molecular weight is 439 g/mol. The first-order valence-electron chi connectivity index (χ1n) is 10.6. The first kappa shape index (κ1) is 23.3. The molecule has 1 heterocycles. The molecule has 0 radical (unpaired) electrons. The SMILES string of the molecule is COc1ccc([C@H]2COc3cc(O)cc(O)c3C2=O)c(O)c1CC=C(C)CCC=C(C)C. The van der Waals surface area contributed by atoms with Crippen LogP contribution < -0.4 is 9.47 Å². The van der Waals surface area contributed by atoms with Gasteiger partial charge in [0.05, 0.1) is 13.0 Å². The summed E-state index contributed by atoms with van der Waals surface area (Å²) in [5.74, 6) is -1.04. The molecular formula is C26H30O6. The summed E-state index contributed by atoms with van der Waals surface area (Å²) in [4.78, 5) is 13.1. The lowest BCUT2D eigenvalue weighted by Crippen LogP contribution is -2.26. The number of phenols is 3. The van der Waals surface area contributed by atoms with E-state index in [0.717, 1.165) is 18.9 Å². The zero-order valence-electron chi connectivity index (χ0n) is 18.9. The maximum Gasteiger partial charge on any atom is 0.181 e. The van der Waals surface area contributed by atoms with E-state index in [1.54, 1.807) is 19.2 Å². The smallest absolute Gasteiger partial charge is 0.181 e. The van der Waals surface area contributed by atoms with Gasteiger partial charge in [0.2, 0.25) is 0 Å². The number of ketones is 1. The number of benzene rings is 2. The minimum Gasteiger partial charge on any atom is -0.508 e. The molecule has 0 spiro atoms. The Bertz CT molecular complexity index is 1080. The molecule has 32 heavy (non-hydrogen) atoms. The van der Waals surface area contributed by atoms with Crippen LogP contribution in [-0.4, -0.2) is 34.8 Å². The van der Waals surface area contributed by atoms with Crippen LogP contribution in [0.25, 0.3) is 0 Å². The fourth-order valence-corrected chi connectivity index (χ4v) is 3.87. The molecule has 0 saturated carbocycles. The van der Waals surface area contributed by atoms with Crippen LogP contribution in [0.15, 0.2) is 47.6 Å². The molecule has 1 aliphatic heterocycles. The molecule has 2 aromatic rings. The Morgan fingerprint density at radius 1 is 1.16 bits per heavy atom. The second-order valence-electron chi connectivity index (χ2n) is 8.32. The Morgan fingerprint density at radius 2 is 1.91 bits per heavy atom. The fourth-order valence-electron chi connectivity index (χ4n) is 3.87. The molecule has 0 unspecified atom stereocenters. The molecule has 0 aliphatic carbocycles. The maximum atomic E-state index is 13.1. The second kappa shape index (κ2) is 9.81. The summed E-state index contributed by atoms with van der Waals surface area (Å²) >= 11 is 0. The third-order valence-electron chi connectivity index (χ3n) is 5.65. The van der Waals surface area contributed by atoms with Crippen molar-refractivity contribution in [1.29, 1.82) is 0 Å². The highest BCUT2D eigenvalue weighted by molar-refractivity contribution is 6.07. The minimum absolute atomic E-state index is 0.00540. The van der Waals surface area contributed by atoms with Crippen molar-refractivity contribution in [1.82, 2.24) is 0 Å². The molecule has 0 amide bonds. The first-order chi connectivity index (χ1) is 15.2. The third-order valence-corrected chi connectivity index (χ3v) is 5.65. The number of ether oxygens (including phenoxy) is 2. The largest absolute Gasteiger partial charge is 0.508 e. The van der Waals surface area contributed by atoms with E-state index in [2.05, 4.69) is 32.9 Å². The van der Waals surface area contributed by atoms with Gasteiger partial charge < -0.3 is 24.8 Å². The van der Waals surface area contributed by atoms with E-state index in [9.17, 15) is 20.1 Å². The van der Waals surface area contributed by atoms with Gasteiger partial charge in [0, 0.05) is 23.3 Å². The maximum absolute atomic E-state index is 13.1. The van der Waals surface area contributed by atoms with Crippen molar-refractivity contribution in [3.05, 3.63) is 64.3 Å².